The van der Waals surface area contributed by atoms with Crippen molar-refractivity contribution in [2.75, 3.05) is 11.9 Å². The number of anilines is 1. The maximum atomic E-state index is 11.8. The fraction of sp³-hybridized carbons (Fsp3) is 0.222. The maximum absolute atomic E-state index is 11.8. The number of oxazole rings is 1. The van der Waals surface area contributed by atoms with Crippen LogP contribution >= 0.6 is 11.6 Å². The van der Waals surface area contributed by atoms with Crippen molar-refractivity contribution in [3.63, 3.8) is 0 Å². The molecule has 8 nitrogen and oxygen atoms in total. The third-order valence-electron chi connectivity index (χ3n) is 3.73. The average molecular weight is 390 g/mol. The predicted molar refractivity (Wildman–Crippen MR) is 98.5 cm³/mol. The first kappa shape index (κ1) is 18.7. The Bertz CT molecular complexity index is 1030. The summed E-state index contributed by atoms with van der Waals surface area (Å²) in [5, 5.41) is 2.65. The number of para-hydroxylation sites is 2. The minimum atomic E-state index is -0.539. The number of fused-ring (bicyclic) bond motifs is 1. The molecule has 1 aromatic carbocycles. The predicted octanol–water partition coefficient (Wildman–Crippen LogP) is 2.61. The number of esters is 1. The quantitative estimate of drug-likeness (QED) is 0.492. The van der Waals surface area contributed by atoms with Gasteiger partial charge in [0.15, 0.2) is 17.3 Å². The summed E-state index contributed by atoms with van der Waals surface area (Å²) in [5.41, 5.74) is 1.51. The van der Waals surface area contributed by atoms with Gasteiger partial charge >= 0.3 is 11.7 Å². The number of hydrogen-bond donors (Lipinski definition) is 1. The zero-order valence-corrected chi connectivity index (χ0v) is 14.9. The van der Waals surface area contributed by atoms with Gasteiger partial charge in [-0.2, -0.15) is 0 Å². The van der Waals surface area contributed by atoms with E-state index in [-0.39, 0.29) is 11.6 Å². The Hall–Kier alpha value is -3.13. The third kappa shape index (κ3) is 4.73. The van der Waals surface area contributed by atoms with E-state index >= 15 is 0 Å². The van der Waals surface area contributed by atoms with Gasteiger partial charge in [0.25, 0.3) is 5.91 Å². The first-order valence-electron chi connectivity index (χ1n) is 8.19. The van der Waals surface area contributed by atoms with E-state index in [2.05, 4.69) is 10.3 Å². The Morgan fingerprint density at radius 3 is 2.85 bits per heavy atom. The van der Waals surface area contributed by atoms with Crippen molar-refractivity contribution in [3.05, 3.63) is 58.3 Å². The SMILES string of the molecule is O=C(COC(=O)CCCn1c(=O)oc2ccccc21)Nc1cccnc1Cl. The molecule has 3 aromatic rings. The molecule has 9 heteroatoms. The second kappa shape index (κ2) is 8.50. The number of nitrogens with one attached hydrogen (secondary N) is 1. The van der Waals surface area contributed by atoms with Gasteiger partial charge in [-0.25, -0.2) is 9.78 Å². The Kier molecular flexibility index (Phi) is 5.87. The van der Waals surface area contributed by atoms with Crippen molar-refractivity contribution < 1.29 is 18.7 Å². The molecule has 0 aliphatic rings. The van der Waals surface area contributed by atoms with Crippen LogP contribution in [0.5, 0.6) is 0 Å². The molecule has 2 aromatic heterocycles. The van der Waals surface area contributed by atoms with E-state index in [4.69, 9.17) is 20.8 Å². The molecule has 0 spiro atoms. The molecule has 1 amide bonds. The lowest BCUT2D eigenvalue weighted by molar-refractivity contribution is -0.147. The molecule has 0 saturated carbocycles. The van der Waals surface area contributed by atoms with E-state index in [0.29, 0.717) is 29.8 Å². The largest absolute Gasteiger partial charge is 0.456 e. The highest BCUT2D eigenvalue weighted by Crippen LogP contribution is 2.17. The molecule has 0 fully saturated rings. The molecule has 0 aliphatic heterocycles. The number of carbonyl (C=O) groups is 2. The number of halogens is 1. The van der Waals surface area contributed by atoms with Crippen molar-refractivity contribution in [2.45, 2.75) is 19.4 Å². The number of carbonyl (C=O) groups excluding carboxylic acids is 2. The molecular formula is C18H16ClN3O5. The van der Waals surface area contributed by atoms with Crippen LogP contribution in [0.3, 0.4) is 0 Å². The van der Waals surface area contributed by atoms with Gasteiger partial charge in [0, 0.05) is 19.2 Å². The summed E-state index contributed by atoms with van der Waals surface area (Å²) in [6.45, 7) is -0.124. The first-order valence-corrected chi connectivity index (χ1v) is 8.57. The molecule has 0 saturated heterocycles. The Balaban J connectivity index is 1.44. The molecule has 0 radical (unpaired) electrons. The smallest absolute Gasteiger partial charge is 0.419 e. The number of rotatable bonds is 7. The van der Waals surface area contributed by atoms with Gasteiger partial charge in [-0.05, 0) is 30.7 Å². The van der Waals surface area contributed by atoms with Crippen molar-refractivity contribution in [1.82, 2.24) is 9.55 Å². The maximum Gasteiger partial charge on any atom is 0.419 e. The third-order valence-corrected chi connectivity index (χ3v) is 4.03. The number of benzene rings is 1. The van der Waals surface area contributed by atoms with Gasteiger partial charge in [-0.1, -0.05) is 23.7 Å². The summed E-state index contributed by atoms with van der Waals surface area (Å²) < 4.78 is 11.5. The molecule has 0 unspecified atom stereocenters. The van der Waals surface area contributed by atoms with Crippen LogP contribution in [0.1, 0.15) is 12.8 Å². The number of amides is 1. The van der Waals surface area contributed by atoms with Gasteiger partial charge in [0.1, 0.15) is 0 Å². The van der Waals surface area contributed by atoms with Crippen LogP contribution < -0.4 is 11.1 Å². The molecule has 3 rings (SSSR count). The fourth-order valence-electron chi connectivity index (χ4n) is 2.49. The van der Waals surface area contributed by atoms with Crippen LogP contribution in [0.15, 0.2) is 51.8 Å². The minimum absolute atomic E-state index is 0.0624. The van der Waals surface area contributed by atoms with Gasteiger partial charge in [0.05, 0.1) is 11.2 Å². The van der Waals surface area contributed by atoms with E-state index in [9.17, 15) is 14.4 Å². The highest BCUT2D eigenvalue weighted by molar-refractivity contribution is 6.32. The molecule has 0 aliphatic carbocycles. The van der Waals surface area contributed by atoms with Crippen molar-refractivity contribution in [3.8, 4) is 0 Å². The summed E-state index contributed by atoms with van der Waals surface area (Å²) >= 11 is 5.83. The highest BCUT2D eigenvalue weighted by Gasteiger charge is 2.12. The Labute approximate surface area is 158 Å². The normalized spacial score (nSPS) is 10.7. The van der Waals surface area contributed by atoms with E-state index in [1.165, 1.54) is 10.8 Å². The molecule has 140 valence electrons. The van der Waals surface area contributed by atoms with Crippen molar-refractivity contribution in [1.29, 1.82) is 0 Å². The summed E-state index contributed by atoms with van der Waals surface area (Å²) in [6.07, 6.45) is 1.93. The fourth-order valence-corrected chi connectivity index (χ4v) is 2.66. The Morgan fingerprint density at radius 1 is 1.22 bits per heavy atom. The molecule has 1 N–H and O–H groups in total. The van der Waals surface area contributed by atoms with Crippen molar-refractivity contribution >= 4 is 40.3 Å². The van der Waals surface area contributed by atoms with Crippen LogP contribution in [0.25, 0.3) is 11.1 Å². The number of aromatic nitrogens is 2. The number of hydrogen-bond acceptors (Lipinski definition) is 6. The van der Waals surface area contributed by atoms with E-state index in [0.717, 1.165) is 0 Å². The molecular weight excluding hydrogens is 374 g/mol. The number of aryl methyl sites for hydroxylation is 1. The zero-order valence-electron chi connectivity index (χ0n) is 14.2. The monoisotopic (exact) mass is 389 g/mol. The average Bonchev–Trinajstić information content (AvgIpc) is 2.97. The number of pyridine rings is 1. The first-order chi connectivity index (χ1) is 13.0. The summed E-state index contributed by atoms with van der Waals surface area (Å²) in [5.74, 6) is -1.53. The topological polar surface area (TPSA) is 103 Å². The van der Waals surface area contributed by atoms with Gasteiger partial charge in [0.2, 0.25) is 0 Å². The number of nitrogens with zero attached hydrogens (tertiary/aromatic N) is 2. The van der Waals surface area contributed by atoms with Gasteiger partial charge in [-0.3, -0.25) is 14.2 Å². The second-order valence-corrected chi connectivity index (χ2v) is 6.00. The van der Waals surface area contributed by atoms with Crippen LogP contribution in [-0.2, 0) is 20.9 Å². The van der Waals surface area contributed by atoms with E-state index in [1.807, 2.05) is 0 Å². The van der Waals surface area contributed by atoms with Crippen LogP contribution in [0.2, 0.25) is 5.15 Å². The molecule has 0 bridgehead atoms. The minimum Gasteiger partial charge on any atom is -0.456 e. The number of ether oxygens (including phenoxy) is 1. The molecule has 2 heterocycles. The van der Waals surface area contributed by atoms with E-state index in [1.54, 1.807) is 36.4 Å². The van der Waals surface area contributed by atoms with Crippen molar-refractivity contribution in [2.24, 2.45) is 0 Å². The van der Waals surface area contributed by atoms with Gasteiger partial charge < -0.3 is 14.5 Å². The summed E-state index contributed by atoms with van der Waals surface area (Å²) in [7, 11) is 0. The molecule has 27 heavy (non-hydrogen) atoms. The van der Waals surface area contributed by atoms with E-state index < -0.39 is 24.2 Å². The van der Waals surface area contributed by atoms with Crippen LogP contribution in [0, 0.1) is 0 Å². The second-order valence-electron chi connectivity index (χ2n) is 5.64. The zero-order chi connectivity index (χ0) is 19.2. The Morgan fingerprint density at radius 2 is 2.04 bits per heavy atom. The van der Waals surface area contributed by atoms with Crippen LogP contribution in [0.4, 0.5) is 5.69 Å². The lowest BCUT2D eigenvalue weighted by atomic mass is 10.3. The highest BCUT2D eigenvalue weighted by atomic mass is 35.5. The van der Waals surface area contributed by atoms with Gasteiger partial charge in [-0.15, -0.1) is 0 Å². The summed E-state index contributed by atoms with van der Waals surface area (Å²) in [4.78, 5) is 39.3. The lowest BCUT2D eigenvalue weighted by Crippen LogP contribution is -2.21. The molecule has 0 atom stereocenters. The standard InChI is InChI=1S/C18H16ClN3O5/c19-17-12(5-3-9-20-17)21-15(23)11-26-16(24)8-4-10-22-13-6-1-2-7-14(13)27-18(22)25/h1-3,5-7,9H,4,8,10-11H2,(H,21,23). The van der Waals surface area contributed by atoms with Crippen LogP contribution in [-0.4, -0.2) is 28.0 Å². The lowest BCUT2D eigenvalue weighted by Gasteiger charge is -2.07. The summed E-state index contributed by atoms with van der Waals surface area (Å²) in [6, 6.07) is 10.3.